The largest absolute Gasteiger partial charge is 0.340 e. The molecule has 0 bridgehead atoms. The highest BCUT2D eigenvalue weighted by Crippen LogP contribution is 2.27. The van der Waals surface area contributed by atoms with Crippen LogP contribution in [-0.4, -0.2) is 15.5 Å². The molecule has 0 fully saturated rings. The predicted molar refractivity (Wildman–Crippen MR) is 97.8 cm³/mol. The van der Waals surface area contributed by atoms with Crippen LogP contribution in [0.2, 0.25) is 0 Å². The van der Waals surface area contributed by atoms with Crippen molar-refractivity contribution < 1.29 is 4.79 Å². The number of nitrogens with zero attached hydrogens (tertiary/aromatic N) is 2. The van der Waals surface area contributed by atoms with Crippen LogP contribution in [0.3, 0.4) is 0 Å². The topological polar surface area (TPSA) is 64.0 Å². The molecule has 124 valence electrons. The Morgan fingerprint density at radius 1 is 1.21 bits per heavy atom. The van der Waals surface area contributed by atoms with E-state index in [4.69, 9.17) is 0 Å². The molecule has 0 saturated heterocycles. The van der Waals surface area contributed by atoms with E-state index in [9.17, 15) is 9.59 Å². The van der Waals surface area contributed by atoms with Crippen molar-refractivity contribution in [3.05, 3.63) is 57.5 Å². The molecule has 0 aliphatic rings. The molecule has 1 N–H and O–H groups in total. The fraction of sp³-hybridized carbons (Fsp3) is 0.278. The monoisotopic (exact) mass is 341 g/mol. The van der Waals surface area contributed by atoms with E-state index in [0.29, 0.717) is 5.13 Å². The van der Waals surface area contributed by atoms with Crippen molar-refractivity contribution in [1.82, 2.24) is 9.55 Å². The van der Waals surface area contributed by atoms with Crippen LogP contribution in [0.25, 0.3) is 10.2 Å². The zero-order valence-corrected chi connectivity index (χ0v) is 14.7. The molecular weight excluding hydrogens is 322 g/mol. The van der Waals surface area contributed by atoms with Crippen molar-refractivity contribution >= 4 is 32.6 Å². The second kappa shape index (κ2) is 6.57. The quantitative estimate of drug-likeness (QED) is 0.792. The van der Waals surface area contributed by atoms with Gasteiger partial charge < -0.3 is 9.88 Å². The van der Waals surface area contributed by atoms with Crippen molar-refractivity contribution in [1.29, 1.82) is 0 Å². The molecule has 2 heterocycles. The maximum atomic E-state index is 12.3. The lowest BCUT2D eigenvalue weighted by molar-refractivity contribution is -0.116. The summed E-state index contributed by atoms with van der Waals surface area (Å²) >= 11 is 1.47. The third-order valence-corrected chi connectivity index (χ3v) is 4.90. The molecule has 1 amide bonds. The highest BCUT2D eigenvalue weighted by Gasteiger charge is 2.11. The fourth-order valence-electron chi connectivity index (χ4n) is 2.68. The summed E-state index contributed by atoms with van der Waals surface area (Å²) in [5.74, 6) is -0.153. The van der Waals surface area contributed by atoms with Gasteiger partial charge in [-0.2, -0.15) is 0 Å². The third kappa shape index (κ3) is 3.38. The molecule has 6 heteroatoms. The van der Waals surface area contributed by atoms with Gasteiger partial charge in [-0.15, -0.1) is 0 Å². The predicted octanol–water partition coefficient (Wildman–Crippen LogP) is 3.28. The summed E-state index contributed by atoms with van der Waals surface area (Å²) in [6.45, 7) is 5.92. The number of fused-ring (bicyclic) bond motifs is 1. The molecule has 3 rings (SSSR count). The van der Waals surface area contributed by atoms with Crippen LogP contribution < -0.4 is 10.7 Å². The number of nitrogens with one attached hydrogen (secondary N) is 1. The summed E-state index contributed by atoms with van der Waals surface area (Å²) in [5, 5.41) is 3.45. The van der Waals surface area contributed by atoms with Gasteiger partial charge in [0.2, 0.25) is 5.91 Å². The lowest BCUT2D eigenvalue weighted by Crippen LogP contribution is -2.23. The van der Waals surface area contributed by atoms with Crippen molar-refractivity contribution in [2.75, 3.05) is 5.32 Å². The number of pyridine rings is 1. The minimum atomic E-state index is -0.153. The van der Waals surface area contributed by atoms with Crippen molar-refractivity contribution in [3.8, 4) is 0 Å². The van der Waals surface area contributed by atoms with Crippen molar-refractivity contribution in [2.45, 2.75) is 33.7 Å². The van der Waals surface area contributed by atoms with E-state index in [-0.39, 0.29) is 17.9 Å². The van der Waals surface area contributed by atoms with Gasteiger partial charge in [0.15, 0.2) is 10.6 Å². The van der Waals surface area contributed by atoms with E-state index < -0.39 is 0 Å². The minimum absolute atomic E-state index is 0.0421. The molecule has 2 aromatic heterocycles. The van der Waals surface area contributed by atoms with Gasteiger partial charge in [0.25, 0.3) is 0 Å². The molecule has 0 saturated carbocycles. The maximum absolute atomic E-state index is 12.3. The number of benzene rings is 1. The van der Waals surface area contributed by atoms with E-state index in [1.54, 1.807) is 0 Å². The van der Waals surface area contributed by atoms with Gasteiger partial charge in [0.1, 0.15) is 6.54 Å². The Bertz CT molecular complexity index is 946. The first-order valence-corrected chi connectivity index (χ1v) is 8.65. The number of amides is 1. The molecule has 0 unspecified atom stereocenters. The smallest absolute Gasteiger partial charge is 0.246 e. The van der Waals surface area contributed by atoms with E-state index in [0.717, 1.165) is 28.0 Å². The summed E-state index contributed by atoms with van der Waals surface area (Å²) in [7, 11) is 0. The first-order chi connectivity index (χ1) is 11.5. The van der Waals surface area contributed by atoms with Gasteiger partial charge in [-0.3, -0.25) is 9.59 Å². The number of aromatic nitrogens is 2. The van der Waals surface area contributed by atoms with Gasteiger partial charge >= 0.3 is 0 Å². The first kappa shape index (κ1) is 16.4. The van der Waals surface area contributed by atoms with Gasteiger partial charge in [-0.05, 0) is 38.0 Å². The Morgan fingerprint density at radius 2 is 1.92 bits per heavy atom. The molecule has 24 heavy (non-hydrogen) atoms. The van der Waals surface area contributed by atoms with Gasteiger partial charge in [-0.25, -0.2) is 4.98 Å². The summed E-state index contributed by atoms with van der Waals surface area (Å²) in [4.78, 5) is 28.3. The Balaban J connectivity index is 1.79. The molecule has 0 spiro atoms. The average molecular weight is 341 g/mol. The molecule has 0 aliphatic heterocycles. The summed E-state index contributed by atoms with van der Waals surface area (Å²) in [6, 6.07) is 9.21. The Labute approximate surface area is 144 Å². The van der Waals surface area contributed by atoms with Gasteiger partial charge in [-0.1, -0.05) is 24.3 Å². The summed E-state index contributed by atoms with van der Waals surface area (Å²) in [5.41, 5.74) is 3.64. The number of carbonyl (C=O) groups excluding carboxylic acids is 1. The van der Waals surface area contributed by atoms with Crippen LogP contribution in [0.15, 0.2) is 35.1 Å². The number of hydrogen-bond donors (Lipinski definition) is 1. The van der Waals surface area contributed by atoms with E-state index >= 15 is 0 Å². The first-order valence-electron chi connectivity index (χ1n) is 7.83. The lowest BCUT2D eigenvalue weighted by atomic mass is 10.2. The van der Waals surface area contributed by atoms with Crippen LogP contribution in [0.1, 0.15) is 23.9 Å². The molecule has 0 radical (unpaired) electrons. The molecule has 1 aromatic carbocycles. The standard InChI is InChI=1S/C18H19N3O2S/c1-4-13-5-6-15-16(9-13)24-18(19-15)20-17(23)10-21-11(2)7-14(22)8-12(21)3/h5-9H,4,10H2,1-3H3,(H,19,20,23). The Morgan fingerprint density at radius 3 is 2.58 bits per heavy atom. The molecule has 0 aliphatic carbocycles. The molecular formula is C18H19N3O2S. The fourth-order valence-corrected chi connectivity index (χ4v) is 3.63. The zero-order chi connectivity index (χ0) is 17.3. The lowest BCUT2D eigenvalue weighted by Gasteiger charge is -2.13. The number of rotatable bonds is 4. The number of aryl methyl sites for hydroxylation is 3. The van der Waals surface area contributed by atoms with Crippen LogP contribution in [0.4, 0.5) is 5.13 Å². The van der Waals surface area contributed by atoms with Gasteiger partial charge in [0.05, 0.1) is 10.2 Å². The molecule has 3 aromatic rings. The highest BCUT2D eigenvalue weighted by molar-refractivity contribution is 7.22. The third-order valence-electron chi connectivity index (χ3n) is 3.96. The van der Waals surface area contributed by atoms with E-state index in [1.807, 2.05) is 24.5 Å². The van der Waals surface area contributed by atoms with Crippen molar-refractivity contribution in [2.24, 2.45) is 0 Å². The second-order valence-corrected chi connectivity index (χ2v) is 6.81. The minimum Gasteiger partial charge on any atom is -0.340 e. The summed E-state index contributed by atoms with van der Waals surface area (Å²) < 4.78 is 2.89. The second-order valence-electron chi connectivity index (χ2n) is 5.78. The SMILES string of the molecule is CCc1ccc2nc(NC(=O)Cn3c(C)cc(=O)cc3C)sc2c1. The average Bonchev–Trinajstić information content (AvgIpc) is 2.91. The van der Waals surface area contributed by atoms with Crippen LogP contribution in [0.5, 0.6) is 0 Å². The highest BCUT2D eigenvalue weighted by atomic mass is 32.1. The Hall–Kier alpha value is -2.47. The van der Waals surface area contributed by atoms with E-state index in [2.05, 4.69) is 29.4 Å². The number of carbonyl (C=O) groups is 1. The van der Waals surface area contributed by atoms with Crippen molar-refractivity contribution in [3.63, 3.8) is 0 Å². The zero-order valence-electron chi connectivity index (χ0n) is 13.9. The van der Waals surface area contributed by atoms with E-state index in [1.165, 1.54) is 29.0 Å². The normalized spacial score (nSPS) is 11.0. The van der Waals surface area contributed by atoms with Crippen LogP contribution in [-0.2, 0) is 17.8 Å². The van der Waals surface area contributed by atoms with Gasteiger partial charge in [0, 0.05) is 23.5 Å². The van der Waals surface area contributed by atoms with Crippen LogP contribution in [0, 0.1) is 13.8 Å². The molecule has 5 nitrogen and oxygen atoms in total. The molecule has 0 atom stereocenters. The van der Waals surface area contributed by atoms with Crippen LogP contribution >= 0.6 is 11.3 Å². The number of thiazole rings is 1. The maximum Gasteiger partial charge on any atom is 0.246 e. The number of anilines is 1. The summed E-state index contributed by atoms with van der Waals surface area (Å²) in [6.07, 6.45) is 0.973. The Kier molecular flexibility index (Phi) is 4.49. The number of hydrogen-bond acceptors (Lipinski definition) is 4.